The quantitative estimate of drug-likeness (QED) is 0.835. The van der Waals surface area contributed by atoms with E-state index in [1.165, 1.54) is 11.0 Å². The number of primary amides is 1. The highest BCUT2D eigenvalue weighted by atomic mass is 19.4. The molecule has 1 unspecified atom stereocenters. The molecule has 1 aromatic rings. The van der Waals surface area contributed by atoms with Gasteiger partial charge in [0.1, 0.15) is 0 Å². The molecule has 6 nitrogen and oxygen atoms in total. The Kier molecular flexibility index (Phi) is 5.33. The van der Waals surface area contributed by atoms with Gasteiger partial charge in [0.05, 0.1) is 18.0 Å². The summed E-state index contributed by atoms with van der Waals surface area (Å²) in [5.41, 5.74) is 10.4. The summed E-state index contributed by atoms with van der Waals surface area (Å²) < 4.78 is 38.3. The molecule has 0 spiro atoms. The molecular formula is C15H19F3N4O2. The summed E-state index contributed by atoms with van der Waals surface area (Å²) >= 11 is 0. The number of hydrogen-bond donors (Lipinski definition) is 2. The molecule has 2 amide bonds. The van der Waals surface area contributed by atoms with E-state index < -0.39 is 23.7 Å². The molecule has 0 radical (unpaired) electrons. The van der Waals surface area contributed by atoms with Gasteiger partial charge in [-0.15, -0.1) is 0 Å². The van der Waals surface area contributed by atoms with Crippen LogP contribution in [-0.4, -0.2) is 48.9 Å². The van der Waals surface area contributed by atoms with Crippen molar-refractivity contribution < 1.29 is 22.8 Å². The molecule has 1 saturated heterocycles. The minimum atomic E-state index is -4.39. The van der Waals surface area contributed by atoms with Gasteiger partial charge in [-0.3, -0.25) is 9.59 Å². The third-order valence-corrected chi connectivity index (χ3v) is 3.87. The number of halogens is 3. The maximum Gasteiger partial charge on any atom is 0.416 e. The van der Waals surface area contributed by atoms with Gasteiger partial charge in [0.2, 0.25) is 11.8 Å². The van der Waals surface area contributed by atoms with Crippen LogP contribution in [0.1, 0.15) is 12.0 Å². The largest absolute Gasteiger partial charge is 0.416 e. The first-order valence-electron chi connectivity index (χ1n) is 7.43. The van der Waals surface area contributed by atoms with Crippen molar-refractivity contribution in [2.24, 2.45) is 11.5 Å². The Balaban J connectivity index is 1.98. The molecule has 0 bridgehead atoms. The van der Waals surface area contributed by atoms with Gasteiger partial charge < -0.3 is 21.3 Å². The van der Waals surface area contributed by atoms with Crippen LogP contribution in [0.2, 0.25) is 0 Å². The topological polar surface area (TPSA) is 92.7 Å². The van der Waals surface area contributed by atoms with Crippen molar-refractivity contribution in [1.82, 2.24) is 4.90 Å². The van der Waals surface area contributed by atoms with Crippen LogP contribution in [0.15, 0.2) is 24.3 Å². The molecule has 2 rings (SSSR count). The third-order valence-electron chi connectivity index (χ3n) is 3.87. The molecule has 9 heteroatoms. The van der Waals surface area contributed by atoms with Crippen molar-refractivity contribution in [2.75, 3.05) is 31.1 Å². The standard InChI is InChI=1S/C15H19F3N4O2/c16-15(17,18)10-2-1-3-11(8-10)21-4-6-22(7-5-21)14(24)12(19)9-13(20)23/h1-3,8,12H,4-7,9,19H2,(H2,20,23). The average Bonchev–Trinajstić information content (AvgIpc) is 2.53. The summed E-state index contributed by atoms with van der Waals surface area (Å²) in [5, 5.41) is 0. The Morgan fingerprint density at radius 2 is 1.79 bits per heavy atom. The lowest BCUT2D eigenvalue weighted by Gasteiger charge is -2.37. The number of rotatable bonds is 4. The van der Waals surface area contributed by atoms with Gasteiger partial charge in [0, 0.05) is 31.9 Å². The molecule has 0 aliphatic carbocycles. The second-order valence-electron chi connectivity index (χ2n) is 5.64. The van der Waals surface area contributed by atoms with Crippen molar-refractivity contribution in [3.8, 4) is 0 Å². The van der Waals surface area contributed by atoms with Gasteiger partial charge in [-0.05, 0) is 18.2 Å². The fourth-order valence-electron chi connectivity index (χ4n) is 2.60. The Morgan fingerprint density at radius 3 is 2.33 bits per heavy atom. The maximum atomic E-state index is 12.8. The third kappa shape index (κ3) is 4.38. The minimum Gasteiger partial charge on any atom is -0.370 e. The fraction of sp³-hybridized carbons (Fsp3) is 0.467. The molecule has 1 fully saturated rings. The van der Waals surface area contributed by atoms with E-state index in [1.807, 2.05) is 0 Å². The van der Waals surface area contributed by atoms with Crippen molar-refractivity contribution in [3.05, 3.63) is 29.8 Å². The minimum absolute atomic E-state index is 0.229. The number of alkyl halides is 3. The van der Waals surface area contributed by atoms with E-state index in [0.717, 1.165) is 12.1 Å². The lowest BCUT2D eigenvalue weighted by molar-refractivity contribution is -0.137. The van der Waals surface area contributed by atoms with E-state index in [2.05, 4.69) is 0 Å². The van der Waals surface area contributed by atoms with Crippen LogP contribution >= 0.6 is 0 Å². The van der Waals surface area contributed by atoms with E-state index in [9.17, 15) is 22.8 Å². The van der Waals surface area contributed by atoms with E-state index in [1.54, 1.807) is 11.0 Å². The molecule has 0 saturated carbocycles. The Hall–Kier alpha value is -2.29. The van der Waals surface area contributed by atoms with Crippen LogP contribution in [0.4, 0.5) is 18.9 Å². The van der Waals surface area contributed by atoms with Crippen molar-refractivity contribution in [3.63, 3.8) is 0 Å². The molecule has 1 aliphatic rings. The van der Waals surface area contributed by atoms with Crippen LogP contribution in [0, 0.1) is 0 Å². The fourth-order valence-corrected chi connectivity index (χ4v) is 2.60. The SMILES string of the molecule is NC(=O)CC(N)C(=O)N1CCN(c2cccc(C(F)(F)F)c2)CC1. The van der Waals surface area contributed by atoms with E-state index in [-0.39, 0.29) is 12.3 Å². The molecule has 0 aromatic heterocycles. The summed E-state index contributed by atoms with van der Waals surface area (Å²) in [6.07, 6.45) is -4.62. The Bertz CT molecular complexity index is 613. The molecule has 1 aromatic carbocycles. The molecule has 1 aliphatic heterocycles. The Labute approximate surface area is 137 Å². The Morgan fingerprint density at radius 1 is 1.17 bits per heavy atom. The van der Waals surface area contributed by atoms with Crippen LogP contribution in [0.5, 0.6) is 0 Å². The first kappa shape index (κ1) is 18.1. The number of nitrogens with zero attached hydrogens (tertiary/aromatic N) is 2. The first-order valence-corrected chi connectivity index (χ1v) is 7.43. The summed E-state index contributed by atoms with van der Waals surface area (Å²) in [6, 6.07) is 4.09. The van der Waals surface area contributed by atoms with Gasteiger partial charge >= 0.3 is 6.18 Å². The number of amides is 2. The molecule has 1 atom stereocenters. The lowest BCUT2D eigenvalue weighted by atomic mass is 10.1. The maximum absolute atomic E-state index is 12.8. The van der Waals surface area contributed by atoms with E-state index in [4.69, 9.17) is 11.5 Å². The van der Waals surface area contributed by atoms with Gasteiger partial charge in [-0.2, -0.15) is 13.2 Å². The molecule has 132 valence electrons. The molecular weight excluding hydrogens is 325 g/mol. The zero-order valence-corrected chi connectivity index (χ0v) is 12.9. The second-order valence-corrected chi connectivity index (χ2v) is 5.64. The monoisotopic (exact) mass is 344 g/mol. The molecule has 24 heavy (non-hydrogen) atoms. The average molecular weight is 344 g/mol. The summed E-state index contributed by atoms with van der Waals surface area (Å²) in [4.78, 5) is 26.2. The molecule has 4 N–H and O–H groups in total. The van der Waals surface area contributed by atoms with Gasteiger partial charge in [-0.25, -0.2) is 0 Å². The van der Waals surface area contributed by atoms with Crippen molar-refractivity contribution in [2.45, 2.75) is 18.6 Å². The number of carbonyl (C=O) groups excluding carboxylic acids is 2. The number of carbonyl (C=O) groups is 2. The van der Waals surface area contributed by atoms with Gasteiger partial charge in [0.15, 0.2) is 0 Å². The van der Waals surface area contributed by atoms with Crippen molar-refractivity contribution in [1.29, 1.82) is 0 Å². The molecule has 1 heterocycles. The highest BCUT2D eigenvalue weighted by Crippen LogP contribution is 2.31. The van der Waals surface area contributed by atoms with Gasteiger partial charge in [0.25, 0.3) is 0 Å². The normalized spacial score (nSPS) is 16.8. The smallest absolute Gasteiger partial charge is 0.370 e. The van der Waals surface area contributed by atoms with Crippen LogP contribution in [0.3, 0.4) is 0 Å². The van der Waals surface area contributed by atoms with Gasteiger partial charge in [-0.1, -0.05) is 6.07 Å². The van der Waals surface area contributed by atoms with Crippen LogP contribution in [-0.2, 0) is 15.8 Å². The zero-order valence-electron chi connectivity index (χ0n) is 12.9. The second kappa shape index (κ2) is 7.08. The number of benzene rings is 1. The van der Waals surface area contributed by atoms with Crippen LogP contribution < -0.4 is 16.4 Å². The highest BCUT2D eigenvalue weighted by Gasteiger charge is 2.31. The summed E-state index contributed by atoms with van der Waals surface area (Å²) in [7, 11) is 0. The first-order chi connectivity index (χ1) is 11.2. The lowest BCUT2D eigenvalue weighted by Crippen LogP contribution is -2.53. The number of anilines is 1. The summed E-state index contributed by atoms with van der Waals surface area (Å²) in [5.74, 6) is -1.03. The van der Waals surface area contributed by atoms with E-state index in [0.29, 0.717) is 31.9 Å². The summed E-state index contributed by atoms with van der Waals surface area (Å²) in [6.45, 7) is 1.41. The van der Waals surface area contributed by atoms with Crippen molar-refractivity contribution >= 4 is 17.5 Å². The predicted molar refractivity (Wildman–Crippen MR) is 82.0 cm³/mol. The highest BCUT2D eigenvalue weighted by molar-refractivity contribution is 5.87. The number of nitrogens with two attached hydrogens (primary N) is 2. The number of piperazine rings is 1. The van der Waals surface area contributed by atoms with E-state index >= 15 is 0 Å². The number of hydrogen-bond acceptors (Lipinski definition) is 4. The van der Waals surface area contributed by atoms with Crippen LogP contribution in [0.25, 0.3) is 0 Å². The zero-order chi connectivity index (χ0) is 17.9. The predicted octanol–water partition coefficient (Wildman–Crippen LogP) is 0.557.